The van der Waals surface area contributed by atoms with Crippen LogP contribution in [-0.2, 0) is 4.79 Å². The van der Waals surface area contributed by atoms with E-state index >= 15 is 0 Å². The van der Waals surface area contributed by atoms with Crippen molar-refractivity contribution in [2.75, 3.05) is 6.54 Å². The molecule has 3 rings (SSSR count). The fraction of sp³-hybridized carbons (Fsp3) is 0.400. The van der Waals surface area contributed by atoms with Crippen LogP contribution in [0.4, 0.5) is 0 Å². The summed E-state index contributed by atoms with van der Waals surface area (Å²) < 4.78 is 5.25. The van der Waals surface area contributed by atoms with Crippen LogP contribution in [0.15, 0.2) is 34.9 Å². The Morgan fingerprint density at radius 3 is 2.95 bits per heavy atom. The average Bonchev–Trinajstić information content (AvgIpc) is 3.20. The number of carbonyl (C=O) groups excluding carboxylic acids is 1. The van der Waals surface area contributed by atoms with Crippen LogP contribution in [0.5, 0.6) is 0 Å². The lowest BCUT2D eigenvalue weighted by atomic mass is 10.2. The second-order valence-electron chi connectivity index (χ2n) is 5.20. The topological polar surface area (TPSA) is 80.0 Å². The minimum Gasteiger partial charge on any atom is -0.345 e. The average molecular weight is 286 g/mol. The molecule has 2 atom stereocenters. The van der Waals surface area contributed by atoms with Gasteiger partial charge in [-0.25, -0.2) is 0 Å². The Kier molecular flexibility index (Phi) is 3.96. The van der Waals surface area contributed by atoms with Crippen molar-refractivity contribution < 1.29 is 9.32 Å². The van der Waals surface area contributed by atoms with E-state index in [4.69, 9.17) is 4.52 Å². The molecule has 0 aliphatic carbocycles. The Labute approximate surface area is 122 Å². The van der Waals surface area contributed by atoms with E-state index in [2.05, 4.69) is 20.8 Å². The highest BCUT2D eigenvalue weighted by Gasteiger charge is 2.25. The molecular weight excluding hydrogens is 268 g/mol. The Hall–Kier alpha value is -2.21. The van der Waals surface area contributed by atoms with Crippen LogP contribution in [0.3, 0.4) is 0 Å². The lowest BCUT2D eigenvalue weighted by Gasteiger charge is -2.14. The van der Waals surface area contributed by atoms with Crippen molar-refractivity contribution in [2.24, 2.45) is 0 Å². The summed E-state index contributed by atoms with van der Waals surface area (Å²) in [6.07, 6.45) is 1.91. The van der Waals surface area contributed by atoms with Gasteiger partial charge in [0.15, 0.2) is 5.82 Å². The summed E-state index contributed by atoms with van der Waals surface area (Å²) in [5.74, 6) is 0.942. The predicted molar refractivity (Wildman–Crippen MR) is 77.3 cm³/mol. The van der Waals surface area contributed by atoms with Crippen molar-refractivity contribution >= 4 is 5.91 Å². The molecule has 2 aromatic rings. The smallest absolute Gasteiger partial charge is 0.257 e. The molecular formula is C15H18N4O2. The number of carbonyl (C=O) groups is 1. The summed E-state index contributed by atoms with van der Waals surface area (Å²) >= 11 is 0. The third kappa shape index (κ3) is 3.11. The highest BCUT2D eigenvalue weighted by atomic mass is 16.5. The summed E-state index contributed by atoms with van der Waals surface area (Å²) in [6.45, 7) is 2.75. The van der Waals surface area contributed by atoms with Gasteiger partial charge in [0.05, 0.1) is 12.1 Å². The number of hydrogen-bond donors (Lipinski definition) is 2. The van der Waals surface area contributed by atoms with Gasteiger partial charge in [-0.05, 0) is 38.4 Å². The van der Waals surface area contributed by atoms with Crippen LogP contribution in [0.1, 0.15) is 31.6 Å². The summed E-state index contributed by atoms with van der Waals surface area (Å²) in [4.78, 5) is 16.4. The number of nitrogens with zero attached hydrogens (tertiary/aromatic N) is 2. The zero-order valence-electron chi connectivity index (χ0n) is 11.9. The molecule has 0 spiro atoms. The molecule has 1 aliphatic rings. The molecule has 1 aromatic carbocycles. The lowest BCUT2D eigenvalue weighted by molar-refractivity contribution is -0.123. The van der Waals surface area contributed by atoms with Gasteiger partial charge in [-0.3, -0.25) is 4.79 Å². The van der Waals surface area contributed by atoms with E-state index < -0.39 is 0 Å². The van der Waals surface area contributed by atoms with Gasteiger partial charge in [0.25, 0.3) is 5.89 Å². The van der Waals surface area contributed by atoms with E-state index in [0.29, 0.717) is 11.7 Å². The van der Waals surface area contributed by atoms with E-state index in [1.807, 2.05) is 37.3 Å². The minimum absolute atomic E-state index is 0.00828. The predicted octanol–water partition coefficient (Wildman–Crippen LogP) is 1.67. The lowest BCUT2D eigenvalue weighted by Crippen LogP contribution is -2.41. The van der Waals surface area contributed by atoms with Gasteiger partial charge in [-0.2, -0.15) is 4.98 Å². The minimum atomic E-state index is -0.277. The van der Waals surface area contributed by atoms with Gasteiger partial charge in [0, 0.05) is 5.56 Å². The van der Waals surface area contributed by atoms with Crippen molar-refractivity contribution in [3.8, 4) is 11.5 Å². The molecule has 1 fully saturated rings. The first-order valence-corrected chi connectivity index (χ1v) is 7.17. The monoisotopic (exact) mass is 286 g/mol. The molecule has 1 aliphatic heterocycles. The van der Waals surface area contributed by atoms with Gasteiger partial charge in [-0.15, -0.1) is 0 Å². The number of aromatic nitrogens is 2. The zero-order chi connectivity index (χ0) is 14.7. The van der Waals surface area contributed by atoms with Crippen LogP contribution in [-0.4, -0.2) is 28.6 Å². The highest BCUT2D eigenvalue weighted by molar-refractivity contribution is 5.82. The molecule has 2 heterocycles. The van der Waals surface area contributed by atoms with Crippen molar-refractivity contribution in [3.63, 3.8) is 0 Å². The summed E-state index contributed by atoms with van der Waals surface area (Å²) in [5, 5.41) is 10.0. The fourth-order valence-corrected chi connectivity index (χ4v) is 2.40. The SMILES string of the molecule is CC(NC(=O)C1CCCN1)c1noc(-c2ccccc2)n1. The number of rotatable bonds is 4. The van der Waals surface area contributed by atoms with Gasteiger partial charge in [0.1, 0.15) is 0 Å². The molecule has 6 nitrogen and oxygen atoms in total. The number of amides is 1. The van der Waals surface area contributed by atoms with Crippen LogP contribution in [0, 0.1) is 0 Å². The molecule has 0 saturated carbocycles. The Balaban J connectivity index is 1.66. The van der Waals surface area contributed by atoms with Gasteiger partial charge in [0.2, 0.25) is 5.91 Å². The summed E-state index contributed by atoms with van der Waals surface area (Å²) in [5.41, 5.74) is 0.868. The maximum Gasteiger partial charge on any atom is 0.257 e. The second kappa shape index (κ2) is 6.05. The molecule has 0 bridgehead atoms. The Bertz CT molecular complexity index is 605. The third-order valence-corrected chi connectivity index (χ3v) is 3.59. The molecule has 1 amide bonds. The van der Waals surface area contributed by atoms with Crippen LogP contribution in [0.25, 0.3) is 11.5 Å². The molecule has 21 heavy (non-hydrogen) atoms. The molecule has 110 valence electrons. The number of nitrogens with one attached hydrogen (secondary N) is 2. The molecule has 2 unspecified atom stereocenters. The summed E-state index contributed by atoms with van der Waals surface area (Å²) in [6, 6.07) is 9.19. The van der Waals surface area contributed by atoms with Gasteiger partial charge in [-0.1, -0.05) is 23.4 Å². The van der Waals surface area contributed by atoms with E-state index in [1.165, 1.54) is 0 Å². The van der Waals surface area contributed by atoms with Crippen LogP contribution >= 0.6 is 0 Å². The highest BCUT2D eigenvalue weighted by Crippen LogP contribution is 2.19. The zero-order valence-corrected chi connectivity index (χ0v) is 11.9. The standard InChI is InChI=1S/C15H18N4O2/c1-10(17-14(20)12-8-5-9-16-12)13-18-15(21-19-13)11-6-3-2-4-7-11/h2-4,6-7,10,12,16H,5,8-9H2,1H3,(H,17,20). The fourth-order valence-electron chi connectivity index (χ4n) is 2.40. The molecule has 0 radical (unpaired) electrons. The largest absolute Gasteiger partial charge is 0.345 e. The first-order chi connectivity index (χ1) is 10.2. The van der Waals surface area contributed by atoms with E-state index in [1.54, 1.807) is 0 Å². The quantitative estimate of drug-likeness (QED) is 0.893. The van der Waals surface area contributed by atoms with Crippen molar-refractivity contribution in [1.82, 2.24) is 20.8 Å². The van der Waals surface area contributed by atoms with Crippen LogP contribution in [0.2, 0.25) is 0 Å². The Morgan fingerprint density at radius 2 is 2.24 bits per heavy atom. The van der Waals surface area contributed by atoms with Gasteiger partial charge < -0.3 is 15.2 Å². The maximum absolute atomic E-state index is 12.0. The molecule has 6 heteroatoms. The van der Waals surface area contributed by atoms with Gasteiger partial charge >= 0.3 is 0 Å². The van der Waals surface area contributed by atoms with Crippen molar-refractivity contribution in [2.45, 2.75) is 31.8 Å². The second-order valence-corrected chi connectivity index (χ2v) is 5.20. The first-order valence-electron chi connectivity index (χ1n) is 7.17. The maximum atomic E-state index is 12.0. The van der Waals surface area contributed by atoms with E-state index in [9.17, 15) is 4.79 Å². The first kappa shape index (κ1) is 13.8. The number of hydrogen-bond acceptors (Lipinski definition) is 5. The molecule has 1 saturated heterocycles. The summed E-state index contributed by atoms with van der Waals surface area (Å²) in [7, 11) is 0. The van der Waals surface area contributed by atoms with Crippen molar-refractivity contribution in [1.29, 1.82) is 0 Å². The Morgan fingerprint density at radius 1 is 1.43 bits per heavy atom. The van der Waals surface area contributed by atoms with Crippen LogP contribution < -0.4 is 10.6 Å². The molecule has 2 N–H and O–H groups in total. The number of benzene rings is 1. The normalized spacial score (nSPS) is 19.4. The third-order valence-electron chi connectivity index (χ3n) is 3.59. The van der Waals surface area contributed by atoms with E-state index in [0.717, 1.165) is 24.9 Å². The molecule has 1 aromatic heterocycles. The van der Waals surface area contributed by atoms with Crippen molar-refractivity contribution in [3.05, 3.63) is 36.2 Å². The van der Waals surface area contributed by atoms with E-state index in [-0.39, 0.29) is 18.0 Å².